The van der Waals surface area contributed by atoms with Crippen LogP contribution in [0.3, 0.4) is 0 Å². The number of hydrogen-bond acceptors (Lipinski definition) is 3. The molecule has 0 radical (unpaired) electrons. The summed E-state index contributed by atoms with van der Waals surface area (Å²) in [5, 5.41) is 3.06. The lowest BCUT2D eigenvalue weighted by Crippen LogP contribution is -2.37. The van der Waals surface area contributed by atoms with Crippen LogP contribution in [-0.4, -0.2) is 25.1 Å². The van der Waals surface area contributed by atoms with E-state index in [1.807, 2.05) is 38.1 Å². The Morgan fingerprint density at radius 3 is 2.61 bits per heavy atom. The predicted octanol–water partition coefficient (Wildman–Crippen LogP) is 4.88. The van der Waals surface area contributed by atoms with Crippen molar-refractivity contribution in [1.82, 2.24) is 5.32 Å². The summed E-state index contributed by atoms with van der Waals surface area (Å²) in [6.45, 7) is 10.4. The van der Waals surface area contributed by atoms with E-state index in [2.05, 4.69) is 41.4 Å². The van der Waals surface area contributed by atoms with E-state index in [0.717, 1.165) is 35.9 Å². The molecule has 0 aromatic heterocycles. The van der Waals surface area contributed by atoms with E-state index in [1.54, 1.807) is 6.92 Å². The van der Waals surface area contributed by atoms with Crippen molar-refractivity contribution < 1.29 is 9.53 Å². The van der Waals surface area contributed by atoms with Gasteiger partial charge in [0.05, 0.1) is 6.04 Å². The quantitative estimate of drug-likeness (QED) is 0.777. The molecule has 150 valence electrons. The molecule has 4 nitrogen and oxygen atoms in total. The Hall–Kier alpha value is -2.49. The van der Waals surface area contributed by atoms with Crippen molar-refractivity contribution >= 4 is 11.6 Å². The molecule has 0 aliphatic carbocycles. The van der Waals surface area contributed by atoms with Gasteiger partial charge in [-0.2, -0.15) is 0 Å². The third-order valence-corrected chi connectivity index (χ3v) is 5.45. The zero-order valence-electron chi connectivity index (χ0n) is 17.4. The first kappa shape index (κ1) is 20.2. The van der Waals surface area contributed by atoms with Gasteiger partial charge in [-0.05, 0) is 74.9 Å². The predicted molar refractivity (Wildman–Crippen MR) is 115 cm³/mol. The number of amides is 1. The van der Waals surface area contributed by atoms with Crippen molar-refractivity contribution in [2.75, 3.05) is 18.0 Å². The summed E-state index contributed by atoms with van der Waals surface area (Å²) in [4.78, 5) is 15.0. The van der Waals surface area contributed by atoms with E-state index in [4.69, 9.17) is 4.74 Å². The van der Waals surface area contributed by atoms with Gasteiger partial charge in [-0.15, -0.1) is 0 Å². The van der Waals surface area contributed by atoms with Gasteiger partial charge in [0.15, 0.2) is 6.10 Å². The van der Waals surface area contributed by atoms with Crippen LogP contribution in [0.15, 0.2) is 48.5 Å². The molecular formula is C24H32N2O2. The molecular weight excluding hydrogens is 348 g/mol. The van der Waals surface area contributed by atoms with Crippen molar-refractivity contribution in [2.24, 2.45) is 5.92 Å². The van der Waals surface area contributed by atoms with Gasteiger partial charge in [-0.3, -0.25) is 4.79 Å². The highest BCUT2D eigenvalue weighted by Gasteiger charge is 2.19. The Bertz CT molecular complexity index is 787. The molecule has 0 spiro atoms. The fourth-order valence-corrected chi connectivity index (χ4v) is 3.76. The normalized spacial score (nSPS) is 19.0. The lowest BCUT2D eigenvalue weighted by Gasteiger charge is -2.33. The lowest BCUT2D eigenvalue weighted by atomic mass is 9.99. The molecule has 4 heteroatoms. The molecule has 1 amide bonds. The van der Waals surface area contributed by atoms with Crippen LogP contribution in [0.4, 0.5) is 5.69 Å². The van der Waals surface area contributed by atoms with Crippen LogP contribution in [0.25, 0.3) is 0 Å². The maximum atomic E-state index is 12.5. The van der Waals surface area contributed by atoms with E-state index in [-0.39, 0.29) is 11.9 Å². The van der Waals surface area contributed by atoms with E-state index < -0.39 is 6.10 Å². The van der Waals surface area contributed by atoms with Gasteiger partial charge in [0.25, 0.3) is 5.91 Å². The first-order valence-electron chi connectivity index (χ1n) is 10.3. The molecule has 1 heterocycles. The Morgan fingerprint density at radius 1 is 1.18 bits per heavy atom. The number of anilines is 1. The molecule has 2 aromatic rings. The first-order valence-corrected chi connectivity index (χ1v) is 10.3. The summed E-state index contributed by atoms with van der Waals surface area (Å²) in [6.07, 6.45) is 2.03. The van der Waals surface area contributed by atoms with Crippen LogP contribution >= 0.6 is 0 Å². The maximum Gasteiger partial charge on any atom is 0.261 e. The molecule has 2 aromatic carbocycles. The number of piperidine rings is 1. The maximum absolute atomic E-state index is 12.5. The number of ether oxygens (including phenoxy) is 1. The second-order valence-electron chi connectivity index (χ2n) is 8.09. The summed E-state index contributed by atoms with van der Waals surface area (Å²) >= 11 is 0. The van der Waals surface area contributed by atoms with Gasteiger partial charge in [0.1, 0.15) is 5.75 Å². The van der Waals surface area contributed by atoms with Crippen molar-refractivity contribution in [3.63, 3.8) is 0 Å². The van der Waals surface area contributed by atoms with Crippen molar-refractivity contribution in [3.8, 4) is 5.75 Å². The van der Waals surface area contributed by atoms with Gasteiger partial charge in [-0.1, -0.05) is 31.2 Å². The SMILES string of the molecule is Cc1cccc(O[C@H](C)C(=O)N[C@@H](C)c2ccc(N3CCC[C@H](C)C3)cc2)c1. The van der Waals surface area contributed by atoms with Gasteiger partial charge >= 0.3 is 0 Å². The minimum atomic E-state index is -0.543. The summed E-state index contributed by atoms with van der Waals surface area (Å²) < 4.78 is 5.78. The molecule has 3 atom stereocenters. The Morgan fingerprint density at radius 2 is 1.93 bits per heavy atom. The molecule has 28 heavy (non-hydrogen) atoms. The minimum Gasteiger partial charge on any atom is -0.481 e. The number of carbonyl (C=O) groups is 1. The van der Waals surface area contributed by atoms with Crippen LogP contribution in [0, 0.1) is 12.8 Å². The van der Waals surface area contributed by atoms with Crippen molar-refractivity contribution in [1.29, 1.82) is 0 Å². The smallest absolute Gasteiger partial charge is 0.261 e. The molecule has 3 rings (SSSR count). The third kappa shape index (κ3) is 5.28. The number of rotatable bonds is 6. The second-order valence-corrected chi connectivity index (χ2v) is 8.09. The van der Waals surface area contributed by atoms with Crippen molar-refractivity contribution in [2.45, 2.75) is 52.7 Å². The van der Waals surface area contributed by atoms with Gasteiger partial charge < -0.3 is 15.0 Å². The average molecular weight is 381 g/mol. The van der Waals surface area contributed by atoms with Crippen LogP contribution in [0.1, 0.15) is 50.8 Å². The second kappa shape index (κ2) is 9.13. The number of nitrogens with zero attached hydrogens (tertiary/aromatic N) is 1. The van der Waals surface area contributed by atoms with E-state index in [0.29, 0.717) is 0 Å². The van der Waals surface area contributed by atoms with E-state index in [9.17, 15) is 4.79 Å². The molecule has 1 fully saturated rings. The highest BCUT2D eigenvalue weighted by Crippen LogP contribution is 2.24. The van der Waals surface area contributed by atoms with Crippen molar-refractivity contribution in [3.05, 3.63) is 59.7 Å². The minimum absolute atomic E-state index is 0.0645. The summed E-state index contributed by atoms with van der Waals surface area (Å²) in [5.74, 6) is 1.36. The number of carbonyl (C=O) groups excluding carboxylic acids is 1. The fourth-order valence-electron chi connectivity index (χ4n) is 3.76. The molecule has 1 N–H and O–H groups in total. The number of aryl methyl sites for hydroxylation is 1. The molecule has 1 saturated heterocycles. The molecule has 1 aliphatic rings. The zero-order valence-corrected chi connectivity index (χ0v) is 17.4. The van der Waals surface area contributed by atoms with Gasteiger partial charge in [-0.25, -0.2) is 0 Å². The zero-order chi connectivity index (χ0) is 20.1. The highest BCUT2D eigenvalue weighted by atomic mass is 16.5. The monoisotopic (exact) mass is 380 g/mol. The number of nitrogens with one attached hydrogen (secondary N) is 1. The average Bonchev–Trinajstić information content (AvgIpc) is 2.68. The third-order valence-electron chi connectivity index (χ3n) is 5.45. The summed E-state index contributed by atoms with van der Waals surface area (Å²) in [7, 11) is 0. The first-order chi connectivity index (χ1) is 13.4. The largest absolute Gasteiger partial charge is 0.481 e. The van der Waals surface area contributed by atoms with E-state index >= 15 is 0 Å². The van der Waals surface area contributed by atoms with Crippen LogP contribution < -0.4 is 15.0 Å². The Balaban J connectivity index is 1.56. The Kier molecular flexibility index (Phi) is 6.61. The summed E-state index contributed by atoms with van der Waals surface area (Å²) in [6, 6.07) is 16.3. The van der Waals surface area contributed by atoms with Crippen LogP contribution in [0.5, 0.6) is 5.75 Å². The molecule has 0 bridgehead atoms. The van der Waals surface area contributed by atoms with E-state index in [1.165, 1.54) is 18.5 Å². The number of benzene rings is 2. The standard InChI is InChI=1S/C24H32N2O2/c1-17-7-5-9-23(15-17)28-20(4)24(27)25-19(3)21-10-12-22(13-11-21)26-14-6-8-18(2)16-26/h5,7,9-13,15,18-20H,6,8,14,16H2,1-4H3,(H,25,27)/t18-,19-,20+/m0/s1. The molecule has 0 unspecified atom stereocenters. The number of hydrogen-bond donors (Lipinski definition) is 1. The van der Waals surface area contributed by atoms with Gasteiger partial charge in [0, 0.05) is 18.8 Å². The fraction of sp³-hybridized carbons (Fsp3) is 0.458. The van der Waals surface area contributed by atoms with Crippen LogP contribution in [-0.2, 0) is 4.79 Å². The highest BCUT2D eigenvalue weighted by molar-refractivity contribution is 5.81. The lowest BCUT2D eigenvalue weighted by molar-refractivity contribution is -0.127. The molecule has 0 saturated carbocycles. The Labute approximate surface area is 168 Å². The topological polar surface area (TPSA) is 41.6 Å². The van der Waals surface area contributed by atoms with Gasteiger partial charge in [0.2, 0.25) is 0 Å². The summed E-state index contributed by atoms with van der Waals surface area (Å²) in [5.41, 5.74) is 3.48. The molecule has 1 aliphatic heterocycles. The van der Waals surface area contributed by atoms with Crippen LogP contribution in [0.2, 0.25) is 0 Å².